The molecule has 4 heteroatoms. The van der Waals surface area contributed by atoms with Crippen molar-refractivity contribution < 1.29 is 0 Å². The first-order valence-electron chi connectivity index (χ1n) is 6.98. The largest absolute Gasteiger partial charge is 0.352 e. The van der Waals surface area contributed by atoms with Crippen molar-refractivity contribution in [2.75, 3.05) is 24.5 Å². The van der Waals surface area contributed by atoms with Crippen LogP contribution in [0.25, 0.3) is 0 Å². The van der Waals surface area contributed by atoms with E-state index in [1.165, 1.54) is 6.42 Å². The van der Waals surface area contributed by atoms with E-state index in [4.69, 9.17) is 4.98 Å². The topological polar surface area (TPSA) is 41.0 Å². The zero-order valence-electron chi connectivity index (χ0n) is 11.5. The minimum absolute atomic E-state index is 0.626. The Morgan fingerprint density at radius 3 is 2.89 bits per heavy atom. The van der Waals surface area contributed by atoms with Crippen LogP contribution in [0.15, 0.2) is 6.20 Å². The minimum atomic E-state index is 0.626. The van der Waals surface area contributed by atoms with Gasteiger partial charge in [0.05, 0.1) is 17.6 Å². The zero-order valence-corrected chi connectivity index (χ0v) is 11.5. The van der Waals surface area contributed by atoms with Crippen LogP contribution in [0.4, 0.5) is 5.82 Å². The highest BCUT2D eigenvalue weighted by atomic mass is 15.3. The highest BCUT2D eigenvalue weighted by molar-refractivity contribution is 5.42. The van der Waals surface area contributed by atoms with Gasteiger partial charge in [0.25, 0.3) is 0 Å². The molecule has 1 aromatic rings. The maximum Gasteiger partial charge on any atom is 0.147 e. The summed E-state index contributed by atoms with van der Waals surface area (Å²) in [4.78, 5) is 11.7. The molecule has 2 aliphatic heterocycles. The van der Waals surface area contributed by atoms with Gasteiger partial charge in [0.2, 0.25) is 0 Å². The molecule has 0 radical (unpaired) electrons. The van der Waals surface area contributed by atoms with Crippen molar-refractivity contribution in [3.63, 3.8) is 0 Å². The number of nitrogens with one attached hydrogen (secondary N) is 1. The van der Waals surface area contributed by atoms with Gasteiger partial charge < -0.3 is 10.2 Å². The number of hydrogen-bond acceptors (Lipinski definition) is 4. The number of fused-ring (bicyclic) bond motifs is 1. The van der Waals surface area contributed by atoms with Gasteiger partial charge in [0.1, 0.15) is 5.82 Å². The third-order valence-corrected chi connectivity index (χ3v) is 4.61. The van der Waals surface area contributed by atoms with Gasteiger partial charge in [-0.05, 0) is 32.1 Å². The second-order valence-corrected chi connectivity index (χ2v) is 5.61. The van der Waals surface area contributed by atoms with Gasteiger partial charge in [-0.25, -0.2) is 4.98 Å². The highest BCUT2D eigenvalue weighted by Crippen LogP contribution is 2.36. The summed E-state index contributed by atoms with van der Waals surface area (Å²) in [5.41, 5.74) is 2.09. The summed E-state index contributed by atoms with van der Waals surface area (Å²) in [6.45, 7) is 9.81. The van der Waals surface area contributed by atoms with Gasteiger partial charge in [0.15, 0.2) is 0 Å². The summed E-state index contributed by atoms with van der Waals surface area (Å²) in [6, 6.07) is 0.626. The van der Waals surface area contributed by atoms with E-state index in [9.17, 15) is 0 Å². The second kappa shape index (κ2) is 4.50. The molecule has 2 saturated heterocycles. The van der Waals surface area contributed by atoms with E-state index >= 15 is 0 Å². The fourth-order valence-corrected chi connectivity index (χ4v) is 3.48. The average Bonchev–Trinajstić information content (AvgIpc) is 2.92. The van der Waals surface area contributed by atoms with Crippen molar-refractivity contribution in [3.8, 4) is 0 Å². The molecule has 2 fully saturated rings. The lowest BCUT2D eigenvalue weighted by atomic mass is 9.93. The number of anilines is 1. The second-order valence-electron chi connectivity index (χ2n) is 5.61. The molecular weight excluding hydrogens is 224 g/mol. The lowest BCUT2D eigenvalue weighted by Gasteiger charge is -2.28. The average molecular weight is 246 g/mol. The van der Waals surface area contributed by atoms with Crippen molar-refractivity contribution in [1.82, 2.24) is 15.3 Å². The Balaban J connectivity index is 1.89. The summed E-state index contributed by atoms with van der Waals surface area (Å²) < 4.78 is 0. The molecule has 98 valence electrons. The van der Waals surface area contributed by atoms with Gasteiger partial charge in [-0.1, -0.05) is 6.92 Å². The molecule has 3 rings (SSSR count). The number of aromatic nitrogens is 2. The first-order valence-corrected chi connectivity index (χ1v) is 6.98. The van der Waals surface area contributed by atoms with Crippen molar-refractivity contribution in [3.05, 3.63) is 17.6 Å². The number of nitrogens with zero attached hydrogens (tertiary/aromatic N) is 3. The molecule has 0 amide bonds. The van der Waals surface area contributed by atoms with E-state index in [0.29, 0.717) is 6.04 Å². The molecule has 1 N–H and O–H groups in total. The lowest BCUT2D eigenvalue weighted by molar-refractivity contribution is 0.441. The molecule has 18 heavy (non-hydrogen) atoms. The fourth-order valence-electron chi connectivity index (χ4n) is 3.48. The summed E-state index contributed by atoms with van der Waals surface area (Å²) >= 11 is 0. The van der Waals surface area contributed by atoms with E-state index in [-0.39, 0.29) is 0 Å². The van der Waals surface area contributed by atoms with E-state index in [1.54, 1.807) is 0 Å². The highest BCUT2D eigenvalue weighted by Gasteiger charge is 2.43. The molecule has 0 saturated carbocycles. The SMILES string of the molecule is CCC1C2CNCC2CN1c1cnc(C)c(C)n1. The molecule has 4 nitrogen and oxygen atoms in total. The summed E-state index contributed by atoms with van der Waals surface area (Å²) in [6.07, 6.45) is 3.14. The van der Waals surface area contributed by atoms with Crippen LogP contribution >= 0.6 is 0 Å². The zero-order chi connectivity index (χ0) is 12.7. The van der Waals surface area contributed by atoms with E-state index in [2.05, 4.69) is 22.1 Å². The van der Waals surface area contributed by atoms with Crippen LogP contribution in [0.5, 0.6) is 0 Å². The van der Waals surface area contributed by atoms with Crippen LogP contribution in [-0.4, -0.2) is 35.6 Å². The van der Waals surface area contributed by atoms with Crippen LogP contribution in [0, 0.1) is 25.7 Å². The first kappa shape index (κ1) is 11.9. The summed E-state index contributed by atoms with van der Waals surface area (Å²) in [7, 11) is 0. The molecule has 3 atom stereocenters. The molecule has 3 heterocycles. The molecule has 0 spiro atoms. The monoisotopic (exact) mass is 246 g/mol. The molecular formula is C14H22N4. The van der Waals surface area contributed by atoms with E-state index in [0.717, 1.165) is 48.7 Å². The number of rotatable bonds is 2. The van der Waals surface area contributed by atoms with Crippen molar-refractivity contribution in [2.45, 2.75) is 33.2 Å². The quantitative estimate of drug-likeness (QED) is 0.859. The van der Waals surface area contributed by atoms with Crippen LogP contribution in [0.2, 0.25) is 0 Å². The molecule has 0 aliphatic carbocycles. The molecule has 0 bridgehead atoms. The Bertz CT molecular complexity index is 445. The third kappa shape index (κ3) is 1.79. The molecule has 2 aliphatic rings. The van der Waals surface area contributed by atoms with Crippen molar-refractivity contribution in [2.24, 2.45) is 11.8 Å². The Labute approximate surface area is 109 Å². The lowest BCUT2D eigenvalue weighted by Crippen LogP contribution is -2.35. The first-order chi connectivity index (χ1) is 8.70. The van der Waals surface area contributed by atoms with Gasteiger partial charge in [-0.3, -0.25) is 4.98 Å². The predicted octanol–water partition coefficient (Wildman–Crippen LogP) is 1.53. The molecule has 3 unspecified atom stereocenters. The maximum atomic E-state index is 4.72. The van der Waals surface area contributed by atoms with Crippen LogP contribution in [-0.2, 0) is 0 Å². The minimum Gasteiger partial charge on any atom is -0.352 e. The standard InChI is InChI=1S/C14H22N4/c1-4-13-12-6-15-5-11(12)8-18(13)14-7-16-9(2)10(3)17-14/h7,11-13,15H,4-6,8H2,1-3H3. The summed E-state index contributed by atoms with van der Waals surface area (Å²) in [5, 5.41) is 3.52. The fraction of sp³-hybridized carbons (Fsp3) is 0.714. The Kier molecular flexibility index (Phi) is 2.98. The predicted molar refractivity (Wildman–Crippen MR) is 72.8 cm³/mol. The third-order valence-electron chi connectivity index (χ3n) is 4.61. The Morgan fingerprint density at radius 1 is 1.33 bits per heavy atom. The summed E-state index contributed by atoms with van der Waals surface area (Å²) in [5.74, 6) is 2.65. The van der Waals surface area contributed by atoms with Crippen LogP contribution in [0.3, 0.4) is 0 Å². The van der Waals surface area contributed by atoms with E-state index < -0.39 is 0 Å². The van der Waals surface area contributed by atoms with Gasteiger partial charge in [0, 0.05) is 25.7 Å². The van der Waals surface area contributed by atoms with Crippen LogP contribution in [0.1, 0.15) is 24.7 Å². The van der Waals surface area contributed by atoms with Crippen molar-refractivity contribution >= 4 is 5.82 Å². The molecule has 0 aromatic carbocycles. The van der Waals surface area contributed by atoms with E-state index in [1.807, 2.05) is 20.0 Å². The van der Waals surface area contributed by atoms with Gasteiger partial charge in [-0.2, -0.15) is 0 Å². The maximum absolute atomic E-state index is 4.72. The molecule has 1 aromatic heterocycles. The normalized spacial score (nSPS) is 30.8. The number of hydrogen-bond donors (Lipinski definition) is 1. The van der Waals surface area contributed by atoms with Gasteiger partial charge >= 0.3 is 0 Å². The van der Waals surface area contributed by atoms with Gasteiger partial charge in [-0.15, -0.1) is 0 Å². The van der Waals surface area contributed by atoms with Crippen molar-refractivity contribution in [1.29, 1.82) is 0 Å². The van der Waals surface area contributed by atoms with Crippen LogP contribution < -0.4 is 10.2 Å². The Morgan fingerprint density at radius 2 is 2.17 bits per heavy atom. The number of aryl methyl sites for hydroxylation is 2. The Hall–Kier alpha value is -1.16. The smallest absolute Gasteiger partial charge is 0.147 e.